The minimum Gasteiger partial charge on any atom is -0.257 e. The molecule has 0 amide bonds. The number of rotatable bonds is 3. The van der Waals surface area contributed by atoms with E-state index in [0.717, 1.165) is 5.69 Å². The van der Waals surface area contributed by atoms with Gasteiger partial charge in [-0.05, 0) is 34.9 Å². The molecule has 0 unspecified atom stereocenters. The third-order valence-corrected chi connectivity index (χ3v) is 3.13. The Labute approximate surface area is 119 Å². The van der Waals surface area contributed by atoms with Gasteiger partial charge in [-0.1, -0.05) is 66.7 Å². The Hall–Kier alpha value is -2.67. The summed E-state index contributed by atoms with van der Waals surface area (Å²) >= 11 is 0. The van der Waals surface area contributed by atoms with E-state index in [4.69, 9.17) is 0 Å². The molecule has 0 saturated heterocycles. The van der Waals surface area contributed by atoms with Crippen molar-refractivity contribution in [1.82, 2.24) is 4.98 Å². The van der Waals surface area contributed by atoms with Crippen LogP contribution < -0.4 is 0 Å². The van der Waals surface area contributed by atoms with E-state index < -0.39 is 0 Å². The van der Waals surface area contributed by atoms with Gasteiger partial charge in [0.25, 0.3) is 0 Å². The highest BCUT2D eigenvalue weighted by atomic mass is 14.7. The predicted molar refractivity (Wildman–Crippen MR) is 85.0 cm³/mol. The number of aromatic nitrogens is 1. The van der Waals surface area contributed by atoms with Crippen LogP contribution in [0.2, 0.25) is 0 Å². The molecule has 0 radical (unpaired) electrons. The molecule has 1 aromatic heterocycles. The summed E-state index contributed by atoms with van der Waals surface area (Å²) in [4.78, 5) is 4.39. The van der Waals surface area contributed by atoms with Crippen LogP contribution in [0.15, 0.2) is 79.0 Å². The minimum atomic E-state index is 0.968. The highest BCUT2D eigenvalue weighted by molar-refractivity contribution is 5.71. The number of nitrogens with zero attached hydrogens (tertiary/aromatic N) is 1. The van der Waals surface area contributed by atoms with E-state index in [-0.39, 0.29) is 0 Å². The summed E-state index contributed by atoms with van der Waals surface area (Å²) in [5.74, 6) is 0. The number of hydrogen-bond acceptors (Lipinski definition) is 1. The summed E-state index contributed by atoms with van der Waals surface area (Å²) in [5.41, 5.74) is 4.55. The predicted octanol–water partition coefficient (Wildman–Crippen LogP) is 4.92. The maximum atomic E-state index is 4.39. The second kappa shape index (κ2) is 5.98. The van der Waals surface area contributed by atoms with Gasteiger partial charge in [-0.25, -0.2) is 0 Å². The van der Waals surface area contributed by atoms with Crippen LogP contribution in [0.5, 0.6) is 0 Å². The Morgan fingerprint density at radius 1 is 0.650 bits per heavy atom. The molecule has 96 valence electrons. The van der Waals surface area contributed by atoms with Gasteiger partial charge in [0.15, 0.2) is 0 Å². The van der Waals surface area contributed by atoms with Crippen molar-refractivity contribution >= 4 is 12.2 Å². The zero-order valence-corrected chi connectivity index (χ0v) is 11.1. The van der Waals surface area contributed by atoms with E-state index >= 15 is 0 Å². The second-order valence-corrected chi connectivity index (χ2v) is 4.58. The minimum absolute atomic E-state index is 0.968. The molecule has 3 aromatic rings. The van der Waals surface area contributed by atoms with Crippen molar-refractivity contribution < 1.29 is 0 Å². The third-order valence-electron chi connectivity index (χ3n) is 3.13. The van der Waals surface area contributed by atoms with Gasteiger partial charge in [-0.3, -0.25) is 4.98 Å². The van der Waals surface area contributed by atoms with Gasteiger partial charge in [0, 0.05) is 6.20 Å². The smallest absolute Gasteiger partial charge is 0.0636 e. The highest BCUT2D eigenvalue weighted by Crippen LogP contribution is 2.19. The van der Waals surface area contributed by atoms with Crippen LogP contribution in [0.1, 0.15) is 11.3 Å². The molecular weight excluding hydrogens is 242 g/mol. The van der Waals surface area contributed by atoms with Gasteiger partial charge in [-0.15, -0.1) is 0 Å². The summed E-state index contributed by atoms with van der Waals surface area (Å²) in [7, 11) is 0. The third kappa shape index (κ3) is 3.01. The topological polar surface area (TPSA) is 12.9 Å². The summed E-state index contributed by atoms with van der Waals surface area (Å²) in [6.45, 7) is 0. The Morgan fingerprint density at radius 2 is 1.35 bits per heavy atom. The second-order valence-electron chi connectivity index (χ2n) is 4.58. The summed E-state index contributed by atoms with van der Waals surface area (Å²) in [6.07, 6.45) is 5.98. The largest absolute Gasteiger partial charge is 0.257 e. The van der Waals surface area contributed by atoms with Crippen LogP contribution in [0.25, 0.3) is 23.3 Å². The lowest BCUT2D eigenvalue weighted by Crippen LogP contribution is -1.83. The molecule has 0 aliphatic carbocycles. The van der Waals surface area contributed by atoms with E-state index in [1.807, 2.05) is 42.6 Å². The lowest BCUT2D eigenvalue weighted by molar-refractivity contribution is 1.30. The molecule has 0 aliphatic heterocycles. The Morgan fingerprint density at radius 3 is 2.10 bits per heavy atom. The van der Waals surface area contributed by atoms with Crippen LogP contribution in [0, 0.1) is 0 Å². The van der Waals surface area contributed by atoms with Crippen LogP contribution in [-0.2, 0) is 0 Å². The normalized spacial score (nSPS) is 10.8. The van der Waals surface area contributed by atoms with Crippen molar-refractivity contribution in [3.8, 4) is 11.1 Å². The zero-order valence-electron chi connectivity index (χ0n) is 11.1. The molecule has 2 aromatic carbocycles. The monoisotopic (exact) mass is 257 g/mol. The maximum Gasteiger partial charge on any atom is 0.0636 e. The van der Waals surface area contributed by atoms with Crippen molar-refractivity contribution in [2.24, 2.45) is 0 Å². The van der Waals surface area contributed by atoms with Crippen molar-refractivity contribution in [3.05, 3.63) is 90.3 Å². The summed E-state index contributed by atoms with van der Waals surface area (Å²) in [6, 6.07) is 24.7. The van der Waals surface area contributed by atoms with E-state index in [1.165, 1.54) is 16.7 Å². The van der Waals surface area contributed by atoms with Gasteiger partial charge in [0.2, 0.25) is 0 Å². The van der Waals surface area contributed by atoms with Gasteiger partial charge >= 0.3 is 0 Å². The van der Waals surface area contributed by atoms with Gasteiger partial charge < -0.3 is 0 Å². The quantitative estimate of drug-likeness (QED) is 0.649. The molecule has 1 nitrogen and oxygen atoms in total. The van der Waals surface area contributed by atoms with Crippen LogP contribution in [0.4, 0.5) is 0 Å². The molecule has 3 rings (SSSR count). The fourth-order valence-corrected chi connectivity index (χ4v) is 2.10. The van der Waals surface area contributed by atoms with Gasteiger partial charge in [0.05, 0.1) is 5.69 Å². The number of hydrogen-bond donors (Lipinski definition) is 0. The fourth-order valence-electron chi connectivity index (χ4n) is 2.10. The van der Waals surface area contributed by atoms with Crippen molar-refractivity contribution in [1.29, 1.82) is 0 Å². The standard InChI is InChI=1S/C19H15N/c1-3-7-16(8-4-1)11-12-19-15-18(13-14-20-19)17-9-5-2-6-10-17/h1-15H/b12-11-. The molecule has 0 fully saturated rings. The molecule has 0 spiro atoms. The number of pyridine rings is 1. The molecule has 1 heteroatoms. The Bertz CT molecular complexity index is 700. The Kier molecular flexibility index (Phi) is 3.70. The van der Waals surface area contributed by atoms with Gasteiger partial charge in [-0.2, -0.15) is 0 Å². The summed E-state index contributed by atoms with van der Waals surface area (Å²) < 4.78 is 0. The van der Waals surface area contributed by atoms with Crippen molar-refractivity contribution in [2.75, 3.05) is 0 Å². The van der Waals surface area contributed by atoms with Crippen molar-refractivity contribution in [2.45, 2.75) is 0 Å². The molecule has 1 heterocycles. The lowest BCUT2D eigenvalue weighted by Gasteiger charge is -2.02. The van der Waals surface area contributed by atoms with Crippen LogP contribution >= 0.6 is 0 Å². The lowest BCUT2D eigenvalue weighted by atomic mass is 10.1. The summed E-state index contributed by atoms with van der Waals surface area (Å²) in [5, 5.41) is 0. The number of benzene rings is 2. The van der Waals surface area contributed by atoms with E-state index in [1.54, 1.807) is 0 Å². The average molecular weight is 257 g/mol. The molecular formula is C19H15N. The molecule has 0 saturated carbocycles. The zero-order chi connectivity index (χ0) is 13.6. The highest BCUT2D eigenvalue weighted by Gasteiger charge is 1.97. The molecule has 0 N–H and O–H groups in total. The van der Waals surface area contributed by atoms with Crippen LogP contribution in [-0.4, -0.2) is 4.98 Å². The first kappa shape index (κ1) is 12.4. The molecule has 0 bridgehead atoms. The first-order valence-corrected chi connectivity index (χ1v) is 6.66. The SMILES string of the molecule is C(=C/c1cc(-c2ccccc2)ccn1)/c1ccccc1. The average Bonchev–Trinajstić information content (AvgIpc) is 2.55. The van der Waals surface area contributed by atoms with Crippen LogP contribution in [0.3, 0.4) is 0 Å². The molecule has 0 atom stereocenters. The van der Waals surface area contributed by atoms with E-state index in [9.17, 15) is 0 Å². The first-order valence-electron chi connectivity index (χ1n) is 6.66. The molecule has 20 heavy (non-hydrogen) atoms. The maximum absolute atomic E-state index is 4.39. The Balaban J connectivity index is 1.87. The van der Waals surface area contributed by atoms with E-state index in [2.05, 4.69) is 53.5 Å². The first-order chi connectivity index (χ1) is 9.92. The van der Waals surface area contributed by atoms with E-state index in [0.29, 0.717) is 0 Å². The van der Waals surface area contributed by atoms with Crippen molar-refractivity contribution in [3.63, 3.8) is 0 Å². The molecule has 0 aliphatic rings. The fraction of sp³-hybridized carbons (Fsp3) is 0. The van der Waals surface area contributed by atoms with Gasteiger partial charge in [0.1, 0.15) is 0 Å².